The van der Waals surface area contributed by atoms with Crippen molar-refractivity contribution in [2.75, 3.05) is 0 Å². The van der Waals surface area contributed by atoms with E-state index in [1.54, 1.807) is 22.3 Å². The fourth-order valence-electron chi connectivity index (χ4n) is 1.15. The Morgan fingerprint density at radius 3 is 2.69 bits per heavy atom. The van der Waals surface area contributed by atoms with E-state index < -0.39 is 0 Å². The van der Waals surface area contributed by atoms with E-state index in [-0.39, 0.29) is 5.69 Å². The van der Waals surface area contributed by atoms with Crippen LogP contribution in [0.15, 0.2) is 17.2 Å². The maximum absolute atomic E-state index is 11.5. The summed E-state index contributed by atoms with van der Waals surface area (Å²) in [7, 11) is 0. The van der Waals surface area contributed by atoms with E-state index >= 15 is 0 Å². The van der Waals surface area contributed by atoms with Crippen LogP contribution in [-0.2, 0) is 13.1 Å². The van der Waals surface area contributed by atoms with Crippen LogP contribution in [0.1, 0.15) is 20.3 Å². The first kappa shape index (κ1) is 9.66. The van der Waals surface area contributed by atoms with Gasteiger partial charge in [-0.15, -0.1) is 5.92 Å². The Morgan fingerprint density at radius 2 is 2.08 bits per heavy atom. The summed E-state index contributed by atoms with van der Waals surface area (Å²) in [5, 5.41) is 0. The lowest BCUT2D eigenvalue weighted by atomic mass is 10.5. The topological polar surface area (TPSA) is 26.9 Å². The Kier molecular flexibility index (Phi) is 3.39. The molecule has 1 rings (SSSR count). The van der Waals surface area contributed by atoms with Gasteiger partial charge in [0.05, 0.1) is 6.54 Å². The van der Waals surface area contributed by atoms with Crippen LogP contribution in [0, 0.1) is 11.8 Å². The molecule has 0 bridgehead atoms. The van der Waals surface area contributed by atoms with E-state index in [2.05, 4.69) is 18.8 Å². The maximum atomic E-state index is 11.5. The Morgan fingerprint density at radius 1 is 1.38 bits per heavy atom. The van der Waals surface area contributed by atoms with Gasteiger partial charge in [-0.2, -0.15) is 0 Å². The number of imidazole rings is 1. The Hall–Kier alpha value is -1.43. The van der Waals surface area contributed by atoms with Gasteiger partial charge >= 0.3 is 5.69 Å². The third kappa shape index (κ3) is 2.25. The van der Waals surface area contributed by atoms with E-state index in [0.29, 0.717) is 6.54 Å². The molecule has 0 saturated carbocycles. The van der Waals surface area contributed by atoms with Gasteiger partial charge in [-0.1, -0.05) is 12.8 Å². The third-order valence-corrected chi connectivity index (χ3v) is 1.81. The van der Waals surface area contributed by atoms with Crippen LogP contribution in [0.3, 0.4) is 0 Å². The normalized spacial score (nSPS) is 9.38. The highest BCUT2D eigenvalue weighted by Gasteiger charge is 1.99. The van der Waals surface area contributed by atoms with Crippen molar-refractivity contribution < 1.29 is 0 Å². The van der Waals surface area contributed by atoms with Gasteiger partial charge in [0, 0.05) is 18.9 Å². The van der Waals surface area contributed by atoms with Crippen molar-refractivity contribution in [3.63, 3.8) is 0 Å². The van der Waals surface area contributed by atoms with Gasteiger partial charge in [0.1, 0.15) is 0 Å². The van der Waals surface area contributed by atoms with Crippen molar-refractivity contribution in [3.8, 4) is 11.8 Å². The van der Waals surface area contributed by atoms with Gasteiger partial charge in [0.15, 0.2) is 0 Å². The van der Waals surface area contributed by atoms with Crippen LogP contribution in [0.2, 0.25) is 0 Å². The van der Waals surface area contributed by atoms with E-state index in [1.807, 2.05) is 6.20 Å². The van der Waals surface area contributed by atoms with Gasteiger partial charge in [0.25, 0.3) is 0 Å². The molecule has 0 aliphatic heterocycles. The van der Waals surface area contributed by atoms with Crippen molar-refractivity contribution in [1.82, 2.24) is 9.13 Å². The van der Waals surface area contributed by atoms with Crippen molar-refractivity contribution in [1.29, 1.82) is 0 Å². The molecule has 0 saturated heterocycles. The number of nitrogens with zero attached hydrogens (tertiary/aromatic N) is 2. The molecule has 0 amide bonds. The minimum atomic E-state index is 0.0320. The lowest BCUT2D eigenvalue weighted by Gasteiger charge is -1.95. The standard InChI is InChI=1S/C10H14N2O/c1-3-5-7-12-9-8-11(6-4-2)10(12)13/h8-9H,4,6-7H2,1-2H3. The monoisotopic (exact) mass is 178 g/mol. The fraction of sp³-hybridized carbons (Fsp3) is 0.500. The molecular weight excluding hydrogens is 164 g/mol. The molecular formula is C10H14N2O. The number of hydrogen-bond donors (Lipinski definition) is 0. The molecule has 1 aromatic heterocycles. The van der Waals surface area contributed by atoms with Crippen molar-refractivity contribution in [2.24, 2.45) is 0 Å². The predicted molar refractivity (Wildman–Crippen MR) is 52.4 cm³/mol. The summed E-state index contributed by atoms with van der Waals surface area (Å²) in [5.74, 6) is 5.63. The molecule has 0 unspecified atom stereocenters. The van der Waals surface area contributed by atoms with Crippen LogP contribution >= 0.6 is 0 Å². The van der Waals surface area contributed by atoms with E-state index in [1.165, 1.54) is 0 Å². The summed E-state index contributed by atoms with van der Waals surface area (Å²) < 4.78 is 3.32. The minimum absolute atomic E-state index is 0.0320. The zero-order chi connectivity index (χ0) is 9.68. The zero-order valence-corrected chi connectivity index (χ0v) is 8.08. The van der Waals surface area contributed by atoms with Gasteiger partial charge in [-0.25, -0.2) is 4.79 Å². The second-order valence-electron chi connectivity index (χ2n) is 2.83. The quantitative estimate of drug-likeness (QED) is 0.636. The average molecular weight is 178 g/mol. The zero-order valence-electron chi connectivity index (χ0n) is 8.08. The van der Waals surface area contributed by atoms with Crippen molar-refractivity contribution in [2.45, 2.75) is 33.4 Å². The number of hydrogen-bond acceptors (Lipinski definition) is 1. The molecule has 0 radical (unpaired) electrons. The molecule has 0 N–H and O–H groups in total. The first-order valence-corrected chi connectivity index (χ1v) is 4.44. The molecule has 70 valence electrons. The van der Waals surface area contributed by atoms with Crippen molar-refractivity contribution in [3.05, 3.63) is 22.9 Å². The summed E-state index contributed by atoms with van der Waals surface area (Å²) in [6.45, 7) is 5.10. The summed E-state index contributed by atoms with van der Waals surface area (Å²) >= 11 is 0. The third-order valence-electron chi connectivity index (χ3n) is 1.81. The molecule has 3 nitrogen and oxygen atoms in total. The number of aromatic nitrogens is 2. The van der Waals surface area contributed by atoms with Gasteiger partial charge in [-0.05, 0) is 13.3 Å². The first-order chi connectivity index (χ1) is 6.29. The molecule has 0 atom stereocenters. The van der Waals surface area contributed by atoms with E-state index in [4.69, 9.17) is 0 Å². The Balaban J connectivity index is 2.84. The molecule has 0 fully saturated rings. The van der Waals surface area contributed by atoms with Crippen LogP contribution in [0.4, 0.5) is 0 Å². The van der Waals surface area contributed by atoms with Crippen LogP contribution in [0.5, 0.6) is 0 Å². The van der Waals surface area contributed by atoms with Crippen LogP contribution in [0.25, 0.3) is 0 Å². The second-order valence-corrected chi connectivity index (χ2v) is 2.83. The predicted octanol–water partition coefficient (Wildman–Crippen LogP) is 1.08. The number of rotatable bonds is 3. The molecule has 13 heavy (non-hydrogen) atoms. The first-order valence-electron chi connectivity index (χ1n) is 4.44. The molecule has 0 aliphatic carbocycles. The molecule has 3 heteroatoms. The summed E-state index contributed by atoms with van der Waals surface area (Å²) in [5.41, 5.74) is 0.0320. The second kappa shape index (κ2) is 4.56. The van der Waals surface area contributed by atoms with Crippen molar-refractivity contribution >= 4 is 0 Å². The maximum Gasteiger partial charge on any atom is 0.328 e. The molecule has 1 aromatic rings. The summed E-state index contributed by atoms with van der Waals surface area (Å²) in [4.78, 5) is 11.5. The van der Waals surface area contributed by atoms with Crippen LogP contribution < -0.4 is 5.69 Å². The highest BCUT2D eigenvalue weighted by Crippen LogP contribution is 1.87. The fourth-order valence-corrected chi connectivity index (χ4v) is 1.15. The molecule has 0 aliphatic rings. The summed E-state index contributed by atoms with van der Waals surface area (Å²) in [6, 6.07) is 0. The SMILES string of the molecule is CC#CCn1ccn(CCC)c1=O. The lowest BCUT2D eigenvalue weighted by Crippen LogP contribution is -2.23. The highest BCUT2D eigenvalue weighted by atomic mass is 16.1. The van der Waals surface area contributed by atoms with E-state index in [9.17, 15) is 4.79 Å². The minimum Gasteiger partial charge on any atom is -0.299 e. The summed E-state index contributed by atoms with van der Waals surface area (Å²) in [6.07, 6.45) is 4.56. The smallest absolute Gasteiger partial charge is 0.299 e. The Labute approximate surface area is 78.0 Å². The lowest BCUT2D eigenvalue weighted by molar-refractivity contribution is 0.629. The highest BCUT2D eigenvalue weighted by molar-refractivity contribution is 4.97. The number of aryl methyl sites for hydroxylation is 1. The molecule has 1 heterocycles. The average Bonchev–Trinajstić information content (AvgIpc) is 2.46. The Bertz CT molecular complexity index is 376. The van der Waals surface area contributed by atoms with Crippen LogP contribution in [-0.4, -0.2) is 9.13 Å². The van der Waals surface area contributed by atoms with Gasteiger partial charge in [0.2, 0.25) is 0 Å². The van der Waals surface area contributed by atoms with E-state index in [0.717, 1.165) is 13.0 Å². The van der Waals surface area contributed by atoms with Gasteiger partial charge < -0.3 is 0 Å². The largest absolute Gasteiger partial charge is 0.328 e. The van der Waals surface area contributed by atoms with Gasteiger partial charge in [-0.3, -0.25) is 9.13 Å². The molecule has 0 spiro atoms. The molecule has 0 aromatic carbocycles.